The fourth-order valence-electron chi connectivity index (χ4n) is 10.7. The first kappa shape index (κ1) is 60.8. The molecule has 1 amide bonds. The van der Waals surface area contributed by atoms with Crippen molar-refractivity contribution in [2.45, 2.75) is 189 Å². The molecule has 1 aromatic heterocycles. The molecule has 72 heavy (non-hydrogen) atoms. The number of cyclic esters (lactones) is 1. The highest BCUT2D eigenvalue weighted by atomic mass is 127. The Morgan fingerprint density at radius 1 is 0.986 bits per heavy atom. The Hall–Kier alpha value is -2.09. The number of nitrogens with zero attached hydrogens (tertiary/aromatic N) is 3. The minimum absolute atomic E-state index is 0.0671. The third kappa shape index (κ3) is 15.3. The van der Waals surface area contributed by atoms with Gasteiger partial charge in [0.1, 0.15) is 23.9 Å². The van der Waals surface area contributed by atoms with Crippen molar-refractivity contribution in [3.63, 3.8) is 0 Å². The van der Waals surface area contributed by atoms with E-state index in [2.05, 4.69) is 20.5 Å². The summed E-state index contributed by atoms with van der Waals surface area (Å²) >= 11 is 8.00. The molecular weight excluding hydrogens is 1060 g/mol. The number of aliphatic hydroxyl groups is 4. The molecule has 6 N–H and O–H groups in total. The molecule has 0 radical (unpaired) electrons. The lowest BCUT2D eigenvalue weighted by Gasteiger charge is -2.49. The molecular formula is C52H85ClIN5O13. The lowest BCUT2D eigenvalue weighted by Crippen LogP contribution is -2.61. The van der Waals surface area contributed by atoms with Crippen molar-refractivity contribution < 1.29 is 63.2 Å². The van der Waals surface area contributed by atoms with Gasteiger partial charge in [-0.05, 0) is 148 Å². The van der Waals surface area contributed by atoms with E-state index in [9.17, 15) is 30.0 Å². The van der Waals surface area contributed by atoms with E-state index in [0.29, 0.717) is 50.3 Å². The van der Waals surface area contributed by atoms with Gasteiger partial charge in [0, 0.05) is 86.5 Å². The number of fused-ring (bicyclic) bond motifs is 1. The van der Waals surface area contributed by atoms with Crippen molar-refractivity contribution in [1.29, 1.82) is 0 Å². The third-order valence-corrected chi connectivity index (χ3v) is 16.9. The van der Waals surface area contributed by atoms with Crippen molar-refractivity contribution in [3.8, 4) is 0 Å². The molecule has 18 nitrogen and oxygen atoms in total. The molecule has 18 atom stereocenters. The van der Waals surface area contributed by atoms with Crippen LogP contribution in [-0.2, 0) is 42.7 Å². The number of pyridine rings is 1. The number of nitrogens with one attached hydrogen (secondary N) is 2. The molecule has 0 unspecified atom stereocenters. The smallest absolute Gasteiger partial charge is 0.312 e. The number of methoxy groups -OCH3 is 1. The van der Waals surface area contributed by atoms with Crippen LogP contribution in [0.4, 0.5) is 5.69 Å². The van der Waals surface area contributed by atoms with Gasteiger partial charge in [0.2, 0.25) is 5.91 Å². The number of aliphatic hydroxyl groups excluding tert-OH is 2. The zero-order chi connectivity index (χ0) is 53.5. The van der Waals surface area contributed by atoms with E-state index < -0.39 is 94.0 Å². The quantitative estimate of drug-likeness (QED) is 0.0528. The Kier molecular flexibility index (Phi) is 22.2. The number of esters is 1. The largest absolute Gasteiger partial charge is 0.448 e. The van der Waals surface area contributed by atoms with E-state index >= 15 is 0 Å². The highest BCUT2D eigenvalue weighted by Crippen LogP contribution is 2.41. The van der Waals surface area contributed by atoms with Gasteiger partial charge in [0.15, 0.2) is 16.7 Å². The van der Waals surface area contributed by atoms with Crippen LogP contribution in [0.25, 0.3) is 10.9 Å². The number of hydrogen-bond donors (Lipinski definition) is 6. The molecule has 0 aliphatic carbocycles. The SMILES string of the molecule is CO[C@]1(C)C[C@H](O[C@H]2[C@H](C)[C@@H](O[C@@H]3O[C@H](C)C[C@H](N(C)C)[C@H]3OCCCNC(=O)CCCNc3ccnc4cc(Cl)ccc34)[C@](C)(O)C[C@@H](C)CN(C)[C@H](C)[C@@H](O)[C@](C)(O)[C@@H](I)OC(=O)[C@@H]2C)O[C@@H](C)[C@@H]1O. The van der Waals surface area contributed by atoms with Crippen LogP contribution >= 0.6 is 34.2 Å². The molecule has 0 saturated carbocycles. The normalized spacial score (nSPS) is 39.0. The molecule has 1 aromatic carbocycles. The molecule has 5 rings (SSSR count). The van der Waals surface area contributed by atoms with Crippen molar-refractivity contribution in [2.24, 2.45) is 17.8 Å². The van der Waals surface area contributed by atoms with Gasteiger partial charge in [-0.25, -0.2) is 0 Å². The standard InChI is InChI=1S/C52H85ClIN5O13/c1-29-26-50(7,64)46(31(3)42(70-41-27-51(8,66-13)45(62)34(6)69-41)32(4)47(63)72-49(54)52(9,65)44(61)33(5)59(12)28-29)71-48-43(39(58(10)11)24-30(2)68-48)67-23-15-21-57-40(60)16-14-20-55-37-19-22-56-38-25-35(53)17-18-36(37)38/h17-19,22,25,29-34,39,41-46,48-49,61-62,64-65H,14-16,20-21,23-24,26-28H2,1-13H3,(H,55,56)(H,57,60)/t29-,30-,31+,32-,33-,34+,39+,41+,42+,43-,44-,45+,46-,48+,49+,50-,51-,52+/m1/s1. The number of likely N-dealkylation sites (N-methyl/N-ethyl adjacent to an activating group) is 2. The van der Waals surface area contributed by atoms with Gasteiger partial charge < -0.3 is 74.0 Å². The average molecular weight is 1150 g/mol. The summed E-state index contributed by atoms with van der Waals surface area (Å²) in [6.07, 6.45) is -3.82. The first-order valence-corrected chi connectivity index (χ1v) is 27.2. The van der Waals surface area contributed by atoms with Gasteiger partial charge in [0.05, 0.1) is 47.1 Å². The second kappa shape index (κ2) is 26.3. The Bertz CT molecular complexity index is 2060. The number of amides is 1. The Balaban J connectivity index is 1.37. The lowest BCUT2D eigenvalue weighted by atomic mass is 9.77. The Morgan fingerprint density at radius 3 is 2.38 bits per heavy atom. The number of halogens is 2. The van der Waals surface area contributed by atoms with E-state index in [0.717, 1.165) is 16.6 Å². The molecule has 3 aliphatic heterocycles. The first-order valence-electron chi connectivity index (χ1n) is 25.6. The lowest BCUT2D eigenvalue weighted by molar-refractivity contribution is -0.321. The number of benzene rings is 1. The number of anilines is 1. The van der Waals surface area contributed by atoms with Crippen molar-refractivity contribution >= 4 is 62.7 Å². The van der Waals surface area contributed by atoms with Gasteiger partial charge in [-0.2, -0.15) is 0 Å². The molecule has 410 valence electrons. The highest BCUT2D eigenvalue weighted by molar-refractivity contribution is 14.1. The zero-order valence-corrected chi connectivity index (χ0v) is 47.6. The number of hydrogen-bond acceptors (Lipinski definition) is 17. The van der Waals surface area contributed by atoms with Crippen LogP contribution < -0.4 is 10.6 Å². The summed E-state index contributed by atoms with van der Waals surface area (Å²) in [5.74, 6) is -2.78. The van der Waals surface area contributed by atoms with Gasteiger partial charge in [0.25, 0.3) is 0 Å². The fraction of sp³-hybridized carbons (Fsp3) is 0.788. The average Bonchev–Trinajstić information content (AvgIpc) is 3.31. The van der Waals surface area contributed by atoms with E-state index in [1.807, 2.05) is 93.7 Å². The molecule has 4 heterocycles. The summed E-state index contributed by atoms with van der Waals surface area (Å²) in [4.78, 5) is 35.7. The second-order valence-electron chi connectivity index (χ2n) is 21.7. The summed E-state index contributed by atoms with van der Waals surface area (Å²) in [6.45, 7) is 17.6. The highest BCUT2D eigenvalue weighted by Gasteiger charge is 2.53. The molecule has 0 spiro atoms. The van der Waals surface area contributed by atoms with Crippen LogP contribution in [-0.4, -0.2) is 190 Å². The van der Waals surface area contributed by atoms with Crippen LogP contribution in [0.5, 0.6) is 0 Å². The van der Waals surface area contributed by atoms with Gasteiger partial charge >= 0.3 is 5.97 Å². The molecule has 3 saturated heterocycles. The van der Waals surface area contributed by atoms with Crippen molar-refractivity contribution in [1.82, 2.24) is 20.1 Å². The summed E-state index contributed by atoms with van der Waals surface area (Å²) < 4.78 is 44.2. The van der Waals surface area contributed by atoms with Crippen LogP contribution in [0.2, 0.25) is 5.02 Å². The molecule has 3 fully saturated rings. The third-order valence-electron chi connectivity index (χ3n) is 15.1. The Labute approximate surface area is 445 Å². The number of rotatable bonds is 16. The predicted octanol–water partition coefficient (Wildman–Crippen LogP) is 5.51. The van der Waals surface area contributed by atoms with Crippen LogP contribution in [0.15, 0.2) is 30.5 Å². The number of alkyl halides is 1. The number of carbonyl (C=O) groups is 2. The van der Waals surface area contributed by atoms with Crippen LogP contribution in [0.3, 0.4) is 0 Å². The van der Waals surface area contributed by atoms with Crippen LogP contribution in [0, 0.1) is 17.8 Å². The van der Waals surface area contributed by atoms with Gasteiger partial charge in [-0.3, -0.25) is 14.6 Å². The maximum atomic E-state index is 14.4. The molecule has 2 aromatic rings. The topological polar surface area (TPSA) is 223 Å². The van der Waals surface area contributed by atoms with Crippen molar-refractivity contribution in [3.05, 3.63) is 35.5 Å². The summed E-state index contributed by atoms with van der Waals surface area (Å²) in [5.41, 5.74) is -2.78. The van der Waals surface area contributed by atoms with E-state index in [-0.39, 0.29) is 43.4 Å². The molecule has 3 aliphatic rings. The van der Waals surface area contributed by atoms with Crippen LogP contribution in [0.1, 0.15) is 101 Å². The predicted molar refractivity (Wildman–Crippen MR) is 284 cm³/mol. The summed E-state index contributed by atoms with van der Waals surface area (Å²) in [7, 11) is 7.30. The molecule has 20 heteroatoms. The van der Waals surface area contributed by atoms with Gasteiger partial charge in [-0.1, -0.05) is 25.4 Å². The Morgan fingerprint density at radius 2 is 1.69 bits per heavy atom. The number of aromatic nitrogens is 1. The van der Waals surface area contributed by atoms with E-state index in [4.69, 9.17) is 44.8 Å². The first-order chi connectivity index (χ1) is 33.7. The monoisotopic (exact) mass is 1150 g/mol. The maximum absolute atomic E-state index is 14.4. The minimum atomic E-state index is -1.85. The number of ether oxygens (including phenoxy) is 7. The van der Waals surface area contributed by atoms with E-state index in [1.54, 1.807) is 40.8 Å². The summed E-state index contributed by atoms with van der Waals surface area (Å²) in [6, 6.07) is 6.75. The number of carbonyl (C=O) groups excluding carboxylic acids is 2. The minimum Gasteiger partial charge on any atom is -0.448 e. The summed E-state index contributed by atoms with van der Waals surface area (Å²) in [5, 5.41) is 55.3. The fourth-order valence-corrected chi connectivity index (χ4v) is 11.5. The van der Waals surface area contributed by atoms with E-state index in [1.165, 1.54) is 14.0 Å². The maximum Gasteiger partial charge on any atom is 0.312 e. The zero-order valence-electron chi connectivity index (χ0n) is 44.7. The van der Waals surface area contributed by atoms with Crippen molar-refractivity contribution in [2.75, 3.05) is 59.8 Å². The molecule has 0 bridgehead atoms. The second-order valence-corrected chi connectivity index (χ2v) is 23.3. The van der Waals surface area contributed by atoms with Gasteiger partial charge in [-0.15, -0.1) is 0 Å².